The van der Waals surface area contributed by atoms with Crippen molar-refractivity contribution in [1.82, 2.24) is 0 Å². The van der Waals surface area contributed by atoms with Gasteiger partial charge in [-0.3, -0.25) is 29.3 Å². The molecule has 0 aliphatic carbocycles. The number of nitro groups is 1. The molecule has 0 heterocycles. The number of nitrogens with zero attached hydrogens (tertiary/aromatic N) is 2. The fourth-order valence-corrected chi connectivity index (χ4v) is 1.24. The minimum atomic E-state index is -0.976. The summed E-state index contributed by atoms with van der Waals surface area (Å²) in [5.74, 6) is -3.67. The van der Waals surface area contributed by atoms with Gasteiger partial charge in [-0.05, 0) is 6.42 Å². The Morgan fingerprint density at radius 1 is 0.880 bits per heavy atom. The quantitative estimate of drug-likeness (QED) is 0.0882. The number of hydrogen-bond acceptors (Lipinski definition) is 7. The number of amides is 4. The lowest BCUT2D eigenvalue weighted by atomic mass is 10.2. The molecule has 0 saturated heterocycles. The molecule has 0 aliphatic rings. The molecular weight excluding hydrogens is 336 g/mol. The number of primary amides is 4. The van der Waals surface area contributed by atoms with Gasteiger partial charge in [-0.15, -0.1) is 0 Å². The van der Waals surface area contributed by atoms with Crippen molar-refractivity contribution in [2.24, 2.45) is 22.9 Å². The van der Waals surface area contributed by atoms with Gasteiger partial charge in [0.1, 0.15) is 0 Å². The molecule has 0 aromatic rings. The zero-order valence-corrected chi connectivity index (χ0v) is 13.1. The second-order valence-corrected chi connectivity index (χ2v) is 4.23. The Hall–Kier alpha value is -3.75. The fourth-order valence-electron chi connectivity index (χ4n) is 1.24. The maximum Gasteiger partial charge on any atom is 0.253 e. The van der Waals surface area contributed by atoms with Crippen molar-refractivity contribution in [2.45, 2.75) is 19.3 Å². The Kier molecular flexibility index (Phi) is 12.0. The smallest absolute Gasteiger partial charge is 0.253 e. The van der Waals surface area contributed by atoms with Crippen LogP contribution in [0.4, 0.5) is 0 Å². The van der Waals surface area contributed by atoms with Crippen LogP contribution in [-0.2, 0) is 19.2 Å². The number of nitrogens with two attached hydrogens (primary N) is 4. The number of unbranched alkanes of at least 4 members (excludes halogenated alkanes) is 1. The summed E-state index contributed by atoms with van der Waals surface area (Å²) in [5, 5.41) is 18.0. The maximum atomic E-state index is 10.5. The Morgan fingerprint density at radius 3 is 1.52 bits per heavy atom. The first-order chi connectivity index (χ1) is 11.5. The third-order valence-corrected chi connectivity index (χ3v) is 2.33. The maximum absolute atomic E-state index is 10.5. The van der Waals surface area contributed by atoms with E-state index < -0.39 is 34.1 Å². The number of nitriles is 1. The molecule has 0 bridgehead atoms. The molecule has 0 radical (unpaired) electrons. The molecule has 136 valence electrons. The van der Waals surface area contributed by atoms with Gasteiger partial charge in [-0.25, -0.2) is 0 Å². The van der Waals surface area contributed by atoms with E-state index in [0.717, 1.165) is 6.08 Å². The predicted octanol–water partition coefficient (Wildman–Crippen LogP) is -2.26. The van der Waals surface area contributed by atoms with Gasteiger partial charge < -0.3 is 22.9 Å². The molecule has 4 amide bonds. The molecule has 0 spiro atoms. The van der Waals surface area contributed by atoms with Crippen LogP contribution in [-0.4, -0.2) is 35.1 Å². The minimum absolute atomic E-state index is 0.0474. The number of carbonyl (C=O) groups excluding carboxylic acids is 4. The highest BCUT2D eigenvalue weighted by Crippen LogP contribution is 1.97. The lowest BCUT2D eigenvalue weighted by molar-refractivity contribution is -0.478. The van der Waals surface area contributed by atoms with Gasteiger partial charge in [0, 0.05) is 17.8 Å². The number of allylic oxidation sites excluding steroid dienone is 1. The van der Waals surface area contributed by atoms with Gasteiger partial charge in [0.15, 0.2) is 0 Å². The normalized spacial score (nSPS) is 8.60. The summed E-state index contributed by atoms with van der Waals surface area (Å²) < 4.78 is 0. The van der Waals surface area contributed by atoms with Crippen molar-refractivity contribution >= 4 is 23.6 Å². The lowest BCUT2D eigenvalue weighted by Crippen LogP contribution is -2.26. The van der Waals surface area contributed by atoms with Gasteiger partial charge in [0.2, 0.25) is 6.54 Å². The first-order valence-corrected chi connectivity index (χ1v) is 6.62. The Morgan fingerprint density at radius 2 is 1.24 bits per heavy atom. The van der Waals surface area contributed by atoms with Crippen molar-refractivity contribution < 1.29 is 24.1 Å². The van der Waals surface area contributed by atoms with Crippen molar-refractivity contribution in [3.8, 4) is 6.07 Å². The summed E-state index contributed by atoms with van der Waals surface area (Å²) in [6.07, 6.45) is 2.82. The number of hydrogen-bond donors (Lipinski definition) is 4. The summed E-state index contributed by atoms with van der Waals surface area (Å²) >= 11 is 0. The van der Waals surface area contributed by atoms with Crippen LogP contribution in [0.1, 0.15) is 19.3 Å². The molecule has 0 saturated carbocycles. The minimum Gasteiger partial charge on any atom is -0.365 e. The van der Waals surface area contributed by atoms with Crippen LogP contribution < -0.4 is 22.9 Å². The van der Waals surface area contributed by atoms with E-state index in [1.807, 2.05) is 6.07 Å². The highest BCUT2D eigenvalue weighted by atomic mass is 16.6. The van der Waals surface area contributed by atoms with Crippen LogP contribution in [0.5, 0.6) is 0 Å². The zero-order valence-electron chi connectivity index (χ0n) is 13.1. The SMILES string of the molecule is N#CCCC=C(C(N)=O)C(N)=O.NC(=O)C(=CCC[N+](=O)[O-])C(N)=O. The summed E-state index contributed by atoms with van der Waals surface area (Å²) in [4.78, 5) is 51.3. The molecular formula is C13H18N6O6. The highest BCUT2D eigenvalue weighted by molar-refractivity contribution is 6.17. The van der Waals surface area contributed by atoms with E-state index in [9.17, 15) is 29.3 Å². The van der Waals surface area contributed by atoms with E-state index in [4.69, 9.17) is 28.2 Å². The van der Waals surface area contributed by atoms with E-state index in [2.05, 4.69) is 0 Å². The van der Waals surface area contributed by atoms with Crippen LogP contribution in [0.3, 0.4) is 0 Å². The molecule has 0 aliphatic heterocycles. The summed E-state index contributed by atoms with van der Waals surface area (Å²) in [7, 11) is 0. The third kappa shape index (κ3) is 12.5. The first-order valence-electron chi connectivity index (χ1n) is 6.62. The highest BCUT2D eigenvalue weighted by Gasteiger charge is 2.11. The summed E-state index contributed by atoms with van der Waals surface area (Å²) in [5.41, 5.74) is 18.6. The molecule has 8 N–H and O–H groups in total. The van der Waals surface area contributed by atoms with E-state index in [0.29, 0.717) is 6.42 Å². The summed E-state index contributed by atoms with van der Waals surface area (Å²) in [6.45, 7) is -0.371. The Balaban J connectivity index is 0. The molecule has 0 fully saturated rings. The second-order valence-electron chi connectivity index (χ2n) is 4.23. The molecule has 0 aromatic carbocycles. The van der Waals surface area contributed by atoms with Crippen molar-refractivity contribution in [3.05, 3.63) is 33.4 Å². The number of rotatable bonds is 9. The second kappa shape index (κ2) is 12.8. The third-order valence-electron chi connectivity index (χ3n) is 2.33. The van der Waals surface area contributed by atoms with Crippen molar-refractivity contribution in [2.75, 3.05) is 6.54 Å². The molecule has 0 atom stereocenters. The molecule has 0 unspecified atom stereocenters. The van der Waals surface area contributed by atoms with E-state index in [-0.39, 0.29) is 25.0 Å². The van der Waals surface area contributed by atoms with Crippen molar-refractivity contribution in [1.29, 1.82) is 5.26 Å². The van der Waals surface area contributed by atoms with Crippen LogP contribution in [0.15, 0.2) is 23.3 Å². The van der Waals surface area contributed by atoms with Crippen LogP contribution >= 0.6 is 0 Å². The predicted molar refractivity (Wildman–Crippen MR) is 84.3 cm³/mol. The molecule has 0 rings (SSSR count). The Labute approximate surface area is 142 Å². The zero-order chi connectivity index (χ0) is 20.0. The Bertz CT molecular complexity index is 614. The average Bonchev–Trinajstić information content (AvgIpc) is 2.46. The van der Waals surface area contributed by atoms with E-state index >= 15 is 0 Å². The van der Waals surface area contributed by atoms with Crippen LogP contribution in [0.2, 0.25) is 0 Å². The van der Waals surface area contributed by atoms with Crippen LogP contribution in [0.25, 0.3) is 0 Å². The summed E-state index contributed by atoms with van der Waals surface area (Å²) in [6, 6.07) is 1.85. The standard InChI is InChI=1S/C7H9N3O2.C6H9N3O4/c8-4-2-1-3-5(6(9)11)7(10)12;7-5(10)4(6(8)11)2-1-3-9(12)13/h3H,1-2H2,(H2,9,11)(H2,10,12);2H,1,3H2,(H2,7,10)(H2,8,11). The van der Waals surface area contributed by atoms with Crippen LogP contribution in [0, 0.1) is 21.4 Å². The molecule has 12 nitrogen and oxygen atoms in total. The van der Waals surface area contributed by atoms with E-state index in [1.54, 1.807) is 0 Å². The lowest BCUT2D eigenvalue weighted by Gasteiger charge is -1.95. The van der Waals surface area contributed by atoms with Gasteiger partial charge >= 0.3 is 0 Å². The van der Waals surface area contributed by atoms with Gasteiger partial charge in [0.05, 0.1) is 17.2 Å². The van der Waals surface area contributed by atoms with E-state index in [1.165, 1.54) is 6.08 Å². The molecule has 0 aromatic heterocycles. The van der Waals surface area contributed by atoms with Gasteiger partial charge in [0.25, 0.3) is 23.6 Å². The molecule has 12 heteroatoms. The number of carbonyl (C=O) groups is 4. The molecule has 25 heavy (non-hydrogen) atoms. The average molecular weight is 354 g/mol. The van der Waals surface area contributed by atoms with Gasteiger partial charge in [-0.1, -0.05) is 12.2 Å². The van der Waals surface area contributed by atoms with Gasteiger partial charge in [-0.2, -0.15) is 5.26 Å². The monoisotopic (exact) mass is 354 g/mol. The first kappa shape index (κ1) is 23.5. The van der Waals surface area contributed by atoms with Crippen molar-refractivity contribution in [3.63, 3.8) is 0 Å². The fraction of sp³-hybridized carbons (Fsp3) is 0.308. The largest absolute Gasteiger partial charge is 0.365 e. The topological polar surface area (TPSA) is 239 Å².